The Hall–Kier alpha value is -4.42. The van der Waals surface area contributed by atoms with Gasteiger partial charge >= 0.3 is 0 Å². The number of rotatable bonds is 0. The second-order valence-corrected chi connectivity index (χ2v) is 11.9. The topological polar surface area (TPSA) is 92.3 Å². The van der Waals surface area contributed by atoms with Crippen molar-refractivity contribution in [3.8, 4) is 34.1 Å². The molecule has 0 aliphatic carbocycles. The molecule has 0 amide bonds. The average Bonchev–Trinajstić information content (AvgIpc) is 3.18. The first-order chi connectivity index (χ1) is 25.8. The quantitative estimate of drug-likeness (QED) is 0.157. The third kappa shape index (κ3) is 11.8. The van der Waals surface area contributed by atoms with Crippen LogP contribution in [0.3, 0.4) is 0 Å². The minimum absolute atomic E-state index is 0.416. The van der Waals surface area contributed by atoms with E-state index in [4.69, 9.17) is 47.4 Å². The van der Waals surface area contributed by atoms with Gasteiger partial charge in [-0.1, -0.05) is 48.5 Å². The molecule has 5 aromatic rings. The van der Waals surface area contributed by atoms with Crippen LogP contribution in [-0.2, 0) is 28.4 Å². The molecule has 2 heterocycles. The van der Waals surface area contributed by atoms with Crippen molar-refractivity contribution in [2.45, 2.75) is 0 Å². The minimum Gasteiger partial charge on any atom is -0.491 e. The molecule has 10 heteroatoms. The Kier molecular flexibility index (Phi) is 15.2. The molecule has 0 atom stereocenters. The molecule has 2 aliphatic rings. The Balaban J connectivity index is 1.06. The van der Waals surface area contributed by atoms with Crippen molar-refractivity contribution >= 4 is 21.5 Å². The molecule has 0 radical (unpaired) electrons. The summed E-state index contributed by atoms with van der Waals surface area (Å²) in [7, 11) is 0. The Bertz CT molecular complexity index is 1650. The lowest BCUT2D eigenvalue weighted by molar-refractivity contribution is 0.00483. The number of hydrogen-bond acceptors (Lipinski definition) is 10. The zero-order chi connectivity index (χ0) is 35.5. The Morgan fingerprint density at radius 2 is 0.558 bits per heavy atom. The first-order valence-corrected chi connectivity index (χ1v) is 18.0. The van der Waals surface area contributed by atoms with Gasteiger partial charge < -0.3 is 47.4 Å². The smallest absolute Gasteiger partial charge is 0.120 e. The fourth-order valence-electron chi connectivity index (χ4n) is 5.77. The zero-order valence-corrected chi connectivity index (χ0v) is 29.6. The maximum absolute atomic E-state index is 6.21. The van der Waals surface area contributed by atoms with Crippen LogP contribution in [0.2, 0.25) is 0 Å². The minimum atomic E-state index is 0.416. The van der Waals surface area contributed by atoms with Crippen LogP contribution in [0.15, 0.2) is 97.1 Å². The molecule has 0 aromatic heterocycles. The molecule has 2 aliphatic heterocycles. The van der Waals surface area contributed by atoms with Gasteiger partial charge in [0.05, 0.1) is 79.3 Å². The van der Waals surface area contributed by atoms with Gasteiger partial charge in [-0.3, -0.25) is 0 Å². The predicted octanol–water partition coefficient (Wildman–Crippen LogP) is 6.99. The van der Waals surface area contributed by atoms with Crippen molar-refractivity contribution in [1.29, 1.82) is 0 Å². The van der Waals surface area contributed by atoms with Gasteiger partial charge in [0.2, 0.25) is 0 Å². The van der Waals surface area contributed by atoms with Gasteiger partial charge in [-0.05, 0) is 81.2 Å². The van der Waals surface area contributed by atoms with E-state index in [-0.39, 0.29) is 0 Å². The van der Waals surface area contributed by atoms with Gasteiger partial charge in [-0.15, -0.1) is 0 Å². The van der Waals surface area contributed by atoms with E-state index in [0.29, 0.717) is 106 Å². The summed E-state index contributed by atoms with van der Waals surface area (Å²) in [6, 6.07) is 32.6. The number of fused-ring (bicyclic) bond motifs is 28. The first kappa shape index (κ1) is 37.3. The molecular weight excluding hydrogens is 664 g/mol. The lowest BCUT2D eigenvalue weighted by Gasteiger charge is -2.16. The lowest BCUT2D eigenvalue weighted by atomic mass is 9.93. The zero-order valence-electron chi connectivity index (χ0n) is 29.6. The third-order valence-corrected chi connectivity index (χ3v) is 8.26. The van der Waals surface area contributed by atoms with Crippen LogP contribution in [0.4, 0.5) is 0 Å². The maximum atomic E-state index is 6.21. The van der Waals surface area contributed by atoms with Crippen molar-refractivity contribution < 1.29 is 47.4 Å². The van der Waals surface area contributed by atoms with Crippen LogP contribution < -0.4 is 18.9 Å². The average molecular weight is 713 g/mol. The van der Waals surface area contributed by atoms with Crippen LogP contribution in [0.25, 0.3) is 32.7 Å². The fourth-order valence-corrected chi connectivity index (χ4v) is 5.77. The third-order valence-electron chi connectivity index (χ3n) is 8.26. The van der Waals surface area contributed by atoms with Gasteiger partial charge in [0.15, 0.2) is 0 Å². The molecule has 52 heavy (non-hydrogen) atoms. The highest BCUT2D eigenvalue weighted by atomic mass is 16.6. The second kappa shape index (κ2) is 21.2. The van der Waals surface area contributed by atoms with Crippen LogP contribution in [0, 0.1) is 0 Å². The van der Waals surface area contributed by atoms with Gasteiger partial charge in [-0.25, -0.2) is 0 Å². The Labute approximate surface area is 305 Å². The standard InChI is InChI=1S/C42H48O10/c1-3-7-39-33(5-1)29-37-31-41(39)42-32-38(30-34-6-2-4-8-40(34)42)52-28-24-48-20-16-44-14-18-46-22-26-50-36-11-9-35(10-12-36)49-25-21-45-17-13-43-15-19-47-23-27-51-37/h1-12,29-32H,13-28H2. The molecule has 276 valence electrons. The summed E-state index contributed by atoms with van der Waals surface area (Å²) in [6.07, 6.45) is 0. The molecule has 0 fully saturated rings. The summed E-state index contributed by atoms with van der Waals surface area (Å²) >= 11 is 0. The largest absolute Gasteiger partial charge is 0.491 e. The van der Waals surface area contributed by atoms with E-state index in [1.807, 2.05) is 36.4 Å². The molecule has 5 aromatic carbocycles. The molecule has 7 rings (SSSR count). The van der Waals surface area contributed by atoms with Crippen LogP contribution in [0.5, 0.6) is 23.0 Å². The van der Waals surface area contributed by atoms with Gasteiger partial charge in [0.1, 0.15) is 49.4 Å². The summed E-state index contributed by atoms with van der Waals surface area (Å²) in [6.45, 7) is 7.38. The predicted molar refractivity (Wildman–Crippen MR) is 200 cm³/mol. The van der Waals surface area contributed by atoms with Crippen molar-refractivity contribution in [3.63, 3.8) is 0 Å². The number of benzene rings is 5. The van der Waals surface area contributed by atoms with Crippen LogP contribution in [-0.4, -0.2) is 106 Å². The van der Waals surface area contributed by atoms with Crippen molar-refractivity contribution in [2.24, 2.45) is 0 Å². The summed E-state index contributed by atoms with van der Waals surface area (Å²) < 4.78 is 58.0. The maximum Gasteiger partial charge on any atom is 0.120 e. The molecule has 0 N–H and O–H groups in total. The van der Waals surface area contributed by atoms with Gasteiger partial charge in [-0.2, -0.15) is 0 Å². The van der Waals surface area contributed by atoms with Crippen molar-refractivity contribution in [1.82, 2.24) is 0 Å². The highest BCUT2D eigenvalue weighted by Gasteiger charge is 2.13. The molecule has 0 spiro atoms. The van der Waals surface area contributed by atoms with Crippen LogP contribution in [0.1, 0.15) is 0 Å². The van der Waals surface area contributed by atoms with E-state index >= 15 is 0 Å². The summed E-state index contributed by atoms with van der Waals surface area (Å²) in [4.78, 5) is 0. The highest BCUT2D eigenvalue weighted by molar-refractivity contribution is 6.06. The number of hydrogen-bond donors (Lipinski definition) is 0. The van der Waals surface area contributed by atoms with Crippen molar-refractivity contribution in [3.05, 3.63) is 97.1 Å². The Morgan fingerprint density at radius 1 is 0.269 bits per heavy atom. The first-order valence-electron chi connectivity index (χ1n) is 18.0. The second-order valence-electron chi connectivity index (χ2n) is 11.9. The summed E-state index contributed by atoms with van der Waals surface area (Å²) in [5.74, 6) is 3.07. The normalized spacial score (nSPS) is 17.3. The lowest BCUT2D eigenvalue weighted by Crippen LogP contribution is -2.14. The monoisotopic (exact) mass is 712 g/mol. The van der Waals surface area contributed by atoms with Crippen LogP contribution >= 0.6 is 0 Å². The molecular formula is C42H48O10. The molecule has 0 unspecified atom stereocenters. The molecule has 6 bridgehead atoms. The number of ether oxygens (including phenoxy) is 10. The van der Waals surface area contributed by atoms with E-state index in [1.54, 1.807) is 0 Å². The van der Waals surface area contributed by atoms with E-state index in [0.717, 1.165) is 55.7 Å². The summed E-state index contributed by atoms with van der Waals surface area (Å²) in [5, 5.41) is 4.46. The summed E-state index contributed by atoms with van der Waals surface area (Å²) in [5.41, 5.74) is 2.15. The van der Waals surface area contributed by atoms with Crippen molar-refractivity contribution in [2.75, 3.05) is 106 Å². The Morgan fingerprint density at radius 3 is 0.904 bits per heavy atom. The fraction of sp³-hybridized carbons (Fsp3) is 0.381. The molecule has 10 nitrogen and oxygen atoms in total. The van der Waals surface area contributed by atoms with Gasteiger partial charge in [0, 0.05) is 0 Å². The molecule has 0 saturated heterocycles. The van der Waals surface area contributed by atoms with E-state index in [2.05, 4.69) is 60.7 Å². The highest BCUT2D eigenvalue weighted by Crippen LogP contribution is 2.39. The van der Waals surface area contributed by atoms with E-state index in [1.165, 1.54) is 0 Å². The van der Waals surface area contributed by atoms with E-state index in [9.17, 15) is 0 Å². The SMILES string of the molecule is c1ccc2c3cc(cc2c1)OCCOCCOCCOCCOc1ccc(cc1)OCCOCCOCCOCCOc1cc-3c2ccccc2c1. The molecule has 0 saturated carbocycles. The van der Waals surface area contributed by atoms with Gasteiger partial charge in [0.25, 0.3) is 0 Å². The van der Waals surface area contributed by atoms with E-state index < -0.39 is 0 Å².